The Balaban J connectivity index is -0.000000302. The fourth-order valence-corrected chi connectivity index (χ4v) is 1.07. The molecule has 0 saturated carbocycles. The molecule has 0 radical (unpaired) electrons. The van der Waals surface area contributed by atoms with Gasteiger partial charge in [0.05, 0.1) is 18.7 Å². The molecule has 11 nitrogen and oxygen atoms in total. The van der Waals surface area contributed by atoms with Crippen LogP contribution in [0.15, 0.2) is 50.0 Å². The van der Waals surface area contributed by atoms with E-state index in [1.807, 2.05) is 0 Å². The average Bonchev–Trinajstić information content (AvgIpc) is 3.08. The van der Waals surface area contributed by atoms with E-state index in [0.717, 1.165) is 6.21 Å². The molecule has 0 atom stereocenters. The van der Waals surface area contributed by atoms with E-state index in [1.165, 1.54) is 18.6 Å². The minimum absolute atomic E-state index is 0. The standard InChI is InChI=1S/C5H5NO4S.C5H4O2.2K.H3NO3S/c7-11(8,9)6-4-5-2-1-3-10-5;6-4-5-2-1-3-7-5;;;1-5(2,3)4/h1-4H,(H,7,8,9);1-4H;;;(H3,1,2,3,4)/q;;2*+1;/p-2. The van der Waals surface area contributed by atoms with Crippen molar-refractivity contribution >= 4 is 33.1 Å². The molecule has 0 unspecified atom stereocenters. The van der Waals surface area contributed by atoms with E-state index in [-0.39, 0.29) is 109 Å². The molecule has 0 fully saturated rings. The van der Waals surface area contributed by atoms with Gasteiger partial charge in [0.25, 0.3) is 0 Å². The Morgan fingerprint density at radius 3 is 1.60 bits per heavy atom. The van der Waals surface area contributed by atoms with Crippen molar-refractivity contribution in [3.05, 3.63) is 48.3 Å². The number of nitrogens with two attached hydrogens (primary N) is 1. The van der Waals surface area contributed by atoms with Gasteiger partial charge in [-0.15, -0.1) is 0 Å². The third-order valence-electron chi connectivity index (χ3n) is 1.51. The van der Waals surface area contributed by atoms with Gasteiger partial charge < -0.3 is 17.9 Å². The SMILES string of the molecule is NS(=O)(=O)[O-].O=Cc1ccco1.O=S(=O)([O-])N=Cc1ccco1.[K+].[K+]. The maximum atomic E-state index is 9.93. The van der Waals surface area contributed by atoms with Crippen LogP contribution in [0.5, 0.6) is 0 Å². The van der Waals surface area contributed by atoms with E-state index in [1.54, 1.807) is 18.2 Å². The van der Waals surface area contributed by atoms with Crippen molar-refractivity contribution in [1.82, 2.24) is 0 Å². The molecule has 0 amide bonds. The van der Waals surface area contributed by atoms with Crippen LogP contribution < -0.4 is 108 Å². The monoisotopic (exact) mass is 444 g/mol. The number of nitrogens with zero attached hydrogens (tertiary/aromatic N) is 1. The summed E-state index contributed by atoms with van der Waals surface area (Å²) in [6.07, 6.45) is 4.32. The predicted molar refractivity (Wildman–Crippen MR) is 74.0 cm³/mol. The van der Waals surface area contributed by atoms with Crippen molar-refractivity contribution in [3.8, 4) is 0 Å². The quantitative estimate of drug-likeness (QED) is 0.207. The average molecular weight is 445 g/mol. The van der Waals surface area contributed by atoms with Crippen molar-refractivity contribution in [2.75, 3.05) is 0 Å². The second-order valence-electron chi connectivity index (χ2n) is 3.30. The van der Waals surface area contributed by atoms with Gasteiger partial charge in [-0.3, -0.25) is 4.79 Å². The minimum Gasteiger partial charge on any atom is -0.736 e. The number of hydrogen-bond donors (Lipinski definition) is 1. The fourth-order valence-electron chi connectivity index (χ4n) is 0.840. The van der Waals surface area contributed by atoms with Gasteiger partial charge in [0.1, 0.15) is 5.76 Å². The van der Waals surface area contributed by atoms with Crippen LogP contribution in [0.1, 0.15) is 16.3 Å². The number of furan rings is 2. The number of carbonyl (C=O) groups is 1. The summed E-state index contributed by atoms with van der Waals surface area (Å²) >= 11 is 0. The molecule has 2 rings (SSSR count). The predicted octanol–water partition coefficient (Wildman–Crippen LogP) is -6.34. The second kappa shape index (κ2) is 16.0. The van der Waals surface area contributed by atoms with E-state index < -0.39 is 20.6 Å². The molecule has 0 aromatic carbocycles. The van der Waals surface area contributed by atoms with Crippen LogP contribution >= 0.6 is 0 Å². The van der Waals surface area contributed by atoms with E-state index >= 15 is 0 Å². The Hall–Kier alpha value is 0.953. The van der Waals surface area contributed by atoms with E-state index in [9.17, 15) is 17.8 Å². The van der Waals surface area contributed by atoms with Gasteiger partial charge in [0, 0.05) is 0 Å². The zero-order valence-electron chi connectivity index (χ0n) is 13.1. The first-order chi connectivity index (χ1) is 10.5. The Morgan fingerprint density at radius 1 is 0.960 bits per heavy atom. The maximum Gasteiger partial charge on any atom is 1.00 e. The van der Waals surface area contributed by atoms with Crippen LogP contribution in [0.4, 0.5) is 0 Å². The Morgan fingerprint density at radius 2 is 1.36 bits per heavy atom. The molecule has 2 aromatic heterocycles. The Labute approximate surface area is 229 Å². The van der Waals surface area contributed by atoms with E-state index in [4.69, 9.17) is 13.0 Å². The van der Waals surface area contributed by atoms with Crippen LogP contribution in [-0.4, -0.2) is 38.4 Å². The summed E-state index contributed by atoms with van der Waals surface area (Å²) in [6, 6.07) is 6.31. The smallest absolute Gasteiger partial charge is 0.736 e. The van der Waals surface area contributed by atoms with Gasteiger partial charge >= 0.3 is 103 Å². The topological polar surface area (TPSA) is 196 Å². The molecule has 128 valence electrons. The Kier molecular flexibility index (Phi) is 19.6. The normalized spacial score (nSPS) is 10.2. The molecule has 2 heterocycles. The fraction of sp³-hybridized carbons (Fsp3) is 0. The van der Waals surface area contributed by atoms with Crippen LogP contribution in [0.2, 0.25) is 0 Å². The summed E-state index contributed by atoms with van der Waals surface area (Å²) in [5.41, 5.74) is 0. The number of rotatable bonds is 3. The first-order valence-electron chi connectivity index (χ1n) is 5.28. The van der Waals surface area contributed by atoms with Crippen molar-refractivity contribution in [2.24, 2.45) is 9.54 Å². The van der Waals surface area contributed by atoms with E-state index in [0.29, 0.717) is 12.0 Å². The van der Waals surface area contributed by atoms with Gasteiger partial charge in [-0.1, -0.05) is 0 Å². The summed E-state index contributed by atoms with van der Waals surface area (Å²) in [5, 5.41) is 3.77. The summed E-state index contributed by atoms with van der Waals surface area (Å²) < 4.78 is 68.3. The van der Waals surface area contributed by atoms with Gasteiger partial charge in [0.15, 0.2) is 22.4 Å². The number of aldehydes is 1. The molecule has 0 spiro atoms. The van der Waals surface area contributed by atoms with Gasteiger partial charge in [-0.2, -0.15) is 4.40 Å². The molecule has 0 saturated heterocycles. The number of carbonyl (C=O) groups excluding carboxylic acids is 1. The largest absolute Gasteiger partial charge is 1.00 e. The molecule has 0 aliphatic carbocycles. The third-order valence-corrected chi connectivity index (χ3v) is 1.88. The molecule has 2 aromatic rings. The van der Waals surface area contributed by atoms with Gasteiger partial charge in [-0.05, 0) is 24.3 Å². The summed E-state index contributed by atoms with van der Waals surface area (Å²) in [7, 11) is -8.96. The molecular weight excluding hydrogens is 434 g/mol. The second-order valence-corrected chi connectivity index (χ2v) is 5.36. The van der Waals surface area contributed by atoms with Crippen LogP contribution in [-0.2, 0) is 20.6 Å². The van der Waals surface area contributed by atoms with Crippen molar-refractivity contribution in [1.29, 1.82) is 0 Å². The van der Waals surface area contributed by atoms with Crippen LogP contribution in [0, 0.1) is 0 Å². The van der Waals surface area contributed by atoms with E-state index in [2.05, 4.69) is 18.4 Å². The molecule has 2 N–H and O–H groups in total. The van der Waals surface area contributed by atoms with Crippen molar-refractivity contribution < 1.29 is 142 Å². The Bertz CT molecular complexity index is 793. The molecular formula is C10H10K2N2O9S2. The van der Waals surface area contributed by atoms with Crippen LogP contribution in [0.3, 0.4) is 0 Å². The van der Waals surface area contributed by atoms with Crippen LogP contribution in [0.25, 0.3) is 0 Å². The molecule has 0 bridgehead atoms. The minimum atomic E-state index is -4.54. The molecule has 0 aliphatic heterocycles. The molecule has 15 heteroatoms. The summed E-state index contributed by atoms with van der Waals surface area (Å²) in [6.45, 7) is 0. The van der Waals surface area contributed by atoms with Crippen molar-refractivity contribution in [2.45, 2.75) is 0 Å². The first-order valence-corrected chi connectivity index (χ1v) is 8.12. The van der Waals surface area contributed by atoms with Crippen molar-refractivity contribution in [3.63, 3.8) is 0 Å². The summed E-state index contributed by atoms with van der Waals surface area (Å²) in [5.74, 6) is 0.601. The van der Waals surface area contributed by atoms with Gasteiger partial charge in [-0.25, -0.2) is 22.0 Å². The number of hydrogen-bond acceptors (Lipinski definition) is 9. The third kappa shape index (κ3) is 25.0. The summed E-state index contributed by atoms with van der Waals surface area (Å²) in [4.78, 5) is 9.77. The maximum absolute atomic E-state index is 9.93. The first kappa shape index (κ1) is 30.7. The zero-order valence-corrected chi connectivity index (χ0v) is 21.0. The molecule has 0 aliphatic rings. The zero-order chi connectivity index (χ0) is 17.9. The molecule has 25 heavy (non-hydrogen) atoms. The van der Waals surface area contributed by atoms with Gasteiger partial charge in [0.2, 0.25) is 10.3 Å².